The van der Waals surface area contributed by atoms with Crippen molar-refractivity contribution < 1.29 is 14.3 Å². The van der Waals surface area contributed by atoms with Crippen LogP contribution in [0.25, 0.3) is 0 Å². The molecule has 1 aromatic carbocycles. The number of amides is 2. The van der Waals surface area contributed by atoms with E-state index in [0.717, 1.165) is 50.1 Å². The summed E-state index contributed by atoms with van der Waals surface area (Å²) in [6.07, 6.45) is 8.24. The summed E-state index contributed by atoms with van der Waals surface area (Å²) in [5.41, 5.74) is 2.86. The third kappa shape index (κ3) is 5.27. The number of nitrogens with one attached hydrogen (secondary N) is 2. The van der Waals surface area contributed by atoms with E-state index in [1.807, 2.05) is 31.3 Å². The number of carbonyl (C=O) groups is 2. The first-order valence-electron chi connectivity index (χ1n) is 11.4. The minimum Gasteiger partial charge on any atom is -0.495 e. The average Bonchev–Trinajstić information content (AvgIpc) is 2.79. The molecule has 7 heteroatoms. The quantitative estimate of drug-likeness (QED) is 0.697. The van der Waals surface area contributed by atoms with Crippen molar-refractivity contribution in [3.63, 3.8) is 0 Å². The molecule has 0 unspecified atom stereocenters. The fourth-order valence-electron chi connectivity index (χ4n) is 4.88. The molecular weight excluding hydrogens is 404 g/mol. The Morgan fingerprint density at radius 2 is 1.94 bits per heavy atom. The van der Waals surface area contributed by atoms with Gasteiger partial charge in [0, 0.05) is 36.5 Å². The Balaban J connectivity index is 1.16. The molecule has 4 rings (SSSR count). The Morgan fingerprint density at radius 3 is 2.66 bits per heavy atom. The van der Waals surface area contributed by atoms with Crippen molar-refractivity contribution in [3.05, 3.63) is 59.4 Å². The maximum Gasteiger partial charge on any atom is 0.251 e. The number of ether oxygens (including phenoxy) is 1. The molecule has 2 fully saturated rings. The van der Waals surface area contributed by atoms with Crippen LogP contribution in [0.3, 0.4) is 0 Å². The summed E-state index contributed by atoms with van der Waals surface area (Å²) in [5.74, 6) is 1.06. The Labute approximate surface area is 189 Å². The van der Waals surface area contributed by atoms with Crippen LogP contribution < -0.4 is 15.4 Å². The molecule has 0 radical (unpaired) electrons. The van der Waals surface area contributed by atoms with Crippen LogP contribution in [0.15, 0.2) is 42.7 Å². The normalized spacial score (nSPS) is 21.4. The highest BCUT2D eigenvalue weighted by Gasteiger charge is 2.35. The number of aromatic nitrogens is 1. The zero-order chi connectivity index (χ0) is 22.5. The van der Waals surface area contributed by atoms with E-state index in [-0.39, 0.29) is 24.4 Å². The first kappa shape index (κ1) is 22.3. The van der Waals surface area contributed by atoms with Gasteiger partial charge in [-0.2, -0.15) is 0 Å². The van der Waals surface area contributed by atoms with Crippen LogP contribution >= 0.6 is 0 Å². The molecule has 0 spiro atoms. The number of rotatable bonds is 7. The molecule has 0 bridgehead atoms. The van der Waals surface area contributed by atoms with E-state index >= 15 is 0 Å². The van der Waals surface area contributed by atoms with Crippen molar-refractivity contribution in [2.75, 3.05) is 26.7 Å². The molecule has 1 aliphatic heterocycles. The molecule has 7 nitrogen and oxygen atoms in total. The number of pyridine rings is 1. The molecule has 1 saturated heterocycles. The monoisotopic (exact) mass is 436 g/mol. The van der Waals surface area contributed by atoms with E-state index in [1.54, 1.807) is 19.4 Å². The van der Waals surface area contributed by atoms with Crippen molar-refractivity contribution in [1.82, 2.24) is 20.5 Å². The number of hydrogen-bond acceptors (Lipinski definition) is 5. The number of benzene rings is 1. The number of nitrogens with zero attached hydrogens (tertiary/aromatic N) is 2. The first-order valence-corrected chi connectivity index (χ1v) is 11.4. The lowest BCUT2D eigenvalue weighted by atomic mass is 9.80. The molecule has 1 aromatic heterocycles. The second-order valence-electron chi connectivity index (χ2n) is 8.89. The lowest BCUT2D eigenvalue weighted by Crippen LogP contribution is -2.63. The van der Waals surface area contributed by atoms with Gasteiger partial charge in [0.1, 0.15) is 5.75 Å². The van der Waals surface area contributed by atoms with Gasteiger partial charge in [0.15, 0.2) is 0 Å². The molecule has 1 saturated carbocycles. The zero-order valence-corrected chi connectivity index (χ0v) is 18.8. The second kappa shape index (κ2) is 10.1. The molecule has 2 amide bonds. The lowest BCUT2D eigenvalue weighted by molar-refractivity contribution is -0.122. The SMILES string of the molecule is COc1cnccc1[C@H]1CC[C@@H](N2CC(NC(=O)CNC(=O)c3cccc(C)c3)C2)CC1. The predicted octanol–water partition coefficient (Wildman–Crippen LogP) is 2.66. The molecule has 2 heterocycles. The number of hydrogen-bond donors (Lipinski definition) is 2. The molecule has 170 valence electrons. The van der Waals surface area contributed by atoms with Crippen LogP contribution in [0.2, 0.25) is 0 Å². The molecule has 1 aliphatic carbocycles. The summed E-state index contributed by atoms with van der Waals surface area (Å²) in [5, 5.41) is 5.74. The zero-order valence-electron chi connectivity index (χ0n) is 18.8. The predicted molar refractivity (Wildman–Crippen MR) is 123 cm³/mol. The van der Waals surface area contributed by atoms with Crippen molar-refractivity contribution >= 4 is 11.8 Å². The highest BCUT2D eigenvalue weighted by atomic mass is 16.5. The number of aryl methyl sites for hydroxylation is 1. The summed E-state index contributed by atoms with van der Waals surface area (Å²) in [6.45, 7) is 3.70. The van der Waals surface area contributed by atoms with E-state index in [0.29, 0.717) is 17.5 Å². The van der Waals surface area contributed by atoms with E-state index in [2.05, 4.69) is 26.6 Å². The second-order valence-corrected chi connectivity index (χ2v) is 8.89. The fraction of sp³-hybridized carbons (Fsp3) is 0.480. The van der Waals surface area contributed by atoms with Crippen molar-refractivity contribution in [3.8, 4) is 5.75 Å². The van der Waals surface area contributed by atoms with Gasteiger partial charge in [0.05, 0.1) is 25.9 Å². The highest BCUT2D eigenvalue weighted by molar-refractivity contribution is 5.96. The molecular formula is C25H32N4O3. The van der Waals surface area contributed by atoms with Gasteiger partial charge >= 0.3 is 0 Å². The van der Waals surface area contributed by atoms with Crippen LogP contribution in [0.5, 0.6) is 5.75 Å². The Hall–Kier alpha value is -2.93. The number of methoxy groups -OCH3 is 1. The maximum atomic E-state index is 12.2. The summed E-state index contributed by atoms with van der Waals surface area (Å²) in [6, 6.07) is 10.2. The third-order valence-corrected chi connectivity index (χ3v) is 6.65. The minimum absolute atomic E-state index is 0.00213. The topological polar surface area (TPSA) is 83.6 Å². The van der Waals surface area contributed by atoms with Crippen LogP contribution in [0.4, 0.5) is 0 Å². The molecule has 2 N–H and O–H groups in total. The first-order chi connectivity index (χ1) is 15.5. The Bertz CT molecular complexity index is 950. The third-order valence-electron chi connectivity index (χ3n) is 6.65. The number of likely N-dealkylation sites (tertiary alicyclic amines) is 1. The molecule has 32 heavy (non-hydrogen) atoms. The van der Waals surface area contributed by atoms with Gasteiger partial charge in [-0.3, -0.25) is 19.5 Å². The standard InChI is InChI=1S/C25H32N4O3/c1-17-4-3-5-19(12-17)25(31)27-14-24(30)28-20-15-29(16-20)21-8-6-18(7-9-21)22-10-11-26-13-23(22)32-2/h3-5,10-13,18,20-21H,6-9,14-16H2,1-2H3,(H,27,31)(H,28,30)/t18-,21+. The smallest absolute Gasteiger partial charge is 0.251 e. The summed E-state index contributed by atoms with van der Waals surface area (Å²) < 4.78 is 5.48. The largest absolute Gasteiger partial charge is 0.495 e. The fourth-order valence-corrected chi connectivity index (χ4v) is 4.88. The average molecular weight is 437 g/mol. The van der Waals surface area contributed by atoms with Gasteiger partial charge in [-0.1, -0.05) is 17.7 Å². The van der Waals surface area contributed by atoms with Crippen molar-refractivity contribution in [2.45, 2.75) is 50.6 Å². The summed E-state index contributed by atoms with van der Waals surface area (Å²) in [4.78, 5) is 31.0. The minimum atomic E-state index is -0.221. The molecule has 2 aromatic rings. The van der Waals surface area contributed by atoms with E-state index in [1.165, 1.54) is 5.56 Å². The Morgan fingerprint density at radius 1 is 1.16 bits per heavy atom. The van der Waals surface area contributed by atoms with Gasteiger partial charge in [-0.25, -0.2) is 0 Å². The highest BCUT2D eigenvalue weighted by Crippen LogP contribution is 2.39. The summed E-state index contributed by atoms with van der Waals surface area (Å²) in [7, 11) is 1.70. The molecule has 2 aliphatic rings. The van der Waals surface area contributed by atoms with Gasteiger partial charge in [-0.15, -0.1) is 0 Å². The number of carbonyl (C=O) groups excluding carboxylic acids is 2. The van der Waals surface area contributed by atoms with Gasteiger partial charge in [0.25, 0.3) is 5.91 Å². The van der Waals surface area contributed by atoms with Crippen LogP contribution in [-0.2, 0) is 4.79 Å². The van der Waals surface area contributed by atoms with Gasteiger partial charge in [0.2, 0.25) is 5.91 Å². The van der Waals surface area contributed by atoms with Crippen LogP contribution in [0.1, 0.15) is 53.1 Å². The Kier molecular flexibility index (Phi) is 7.05. The summed E-state index contributed by atoms with van der Waals surface area (Å²) >= 11 is 0. The van der Waals surface area contributed by atoms with Crippen LogP contribution in [0, 0.1) is 6.92 Å². The van der Waals surface area contributed by atoms with Crippen LogP contribution in [-0.4, -0.2) is 60.5 Å². The van der Waals surface area contributed by atoms with E-state index in [4.69, 9.17) is 4.74 Å². The van der Waals surface area contributed by atoms with E-state index < -0.39 is 0 Å². The van der Waals surface area contributed by atoms with Crippen molar-refractivity contribution in [1.29, 1.82) is 0 Å². The van der Waals surface area contributed by atoms with Crippen molar-refractivity contribution in [2.24, 2.45) is 0 Å². The van der Waals surface area contributed by atoms with Gasteiger partial charge in [-0.05, 0) is 56.7 Å². The van der Waals surface area contributed by atoms with E-state index in [9.17, 15) is 9.59 Å². The maximum absolute atomic E-state index is 12.2. The molecule has 0 atom stereocenters. The lowest BCUT2D eigenvalue weighted by Gasteiger charge is -2.46. The van der Waals surface area contributed by atoms with Gasteiger partial charge < -0.3 is 15.4 Å².